The second-order valence-electron chi connectivity index (χ2n) is 7.11. The molecule has 0 amide bonds. The normalized spacial score (nSPS) is 25.9. The Bertz CT molecular complexity index is 482. The van der Waals surface area contributed by atoms with Crippen molar-refractivity contribution in [2.75, 3.05) is 46.9 Å². The van der Waals surface area contributed by atoms with Crippen LogP contribution in [0.3, 0.4) is 0 Å². The maximum atomic E-state index is 13.0. The van der Waals surface area contributed by atoms with Gasteiger partial charge in [-0.2, -0.15) is 0 Å². The molecular weight excluding hydrogens is 279 g/mol. The van der Waals surface area contributed by atoms with Crippen molar-refractivity contribution in [3.05, 3.63) is 35.6 Å². The van der Waals surface area contributed by atoms with Crippen LogP contribution < -0.4 is 0 Å². The second kappa shape index (κ2) is 6.65. The number of likely N-dealkylation sites (tertiary alicyclic amines) is 2. The van der Waals surface area contributed by atoms with E-state index in [4.69, 9.17) is 4.74 Å². The van der Waals surface area contributed by atoms with Gasteiger partial charge in [-0.25, -0.2) is 4.39 Å². The molecule has 22 heavy (non-hydrogen) atoms. The molecule has 0 radical (unpaired) electrons. The molecule has 3 rings (SSSR count). The van der Waals surface area contributed by atoms with Crippen molar-refractivity contribution >= 4 is 0 Å². The minimum atomic E-state index is -0.155. The van der Waals surface area contributed by atoms with Gasteiger partial charge in [-0.3, -0.25) is 4.90 Å². The Morgan fingerprint density at radius 2 is 1.91 bits per heavy atom. The average molecular weight is 306 g/mol. The van der Waals surface area contributed by atoms with Crippen LogP contribution in [0.5, 0.6) is 0 Å². The number of benzene rings is 1. The summed E-state index contributed by atoms with van der Waals surface area (Å²) in [6, 6.07) is 6.91. The quantitative estimate of drug-likeness (QED) is 0.850. The van der Waals surface area contributed by atoms with Gasteiger partial charge >= 0.3 is 0 Å². The molecule has 1 spiro atoms. The van der Waals surface area contributed by atoms with E-state index in [9.17, 15) is 4.39 Å². The Morgan fingerprint density at radius 1 is 1.23 bits per heavy atom. The van der Waals surface area contributed by atoms with Crippen LogP contribution in [0, 0.1) is 17.2 Å². The lowest BCUT2D eigenvalue weighted by atomic mass is 9.71. The van der Waals surface area contributed by atoms with E-state index in [1.54, 1.807) is 12.1 Å². The van der Waals surface area contributed by atoms with Crippen LogP contribution in [0.2, 0.25) is 0 Å². The van der Waals surface area contributed by atoms with Crippen LogP contribution in [-0.4, -0.2) is 56.7 Å². The molecular formula is C18H27FN2O. The smallest absolute Gasteiger partial charge is 0.123 e. The molecule has 0 N–H and O–H groups in total. The third kappa shape index (κ3) is 3.34. The summed E-state index contributed by atoms with van der Waals surface area (Å²) in [6.07, 6.45) is 2.49. The highest BCUT2D eigenvalue weighted by molar-refractivity contribution is 5.16. The van der Waals surface area contributed by atoms with Crippen LogP contribution in [0.1, 0.15) is 18.4 Å². The highest BCUT2D eigenvalue weighted by Gasteiger charge is 2.46. The van der Waals surface area contributed by atoms with Gasteiger partial charge in [-0.15, -0.1) is 0 Å². The maximum absolute atomic E-state index is 13.0. The van der Waals surface area contributed by atoms with Gasteiger partial charge in [0.15, 0.2) is 0 Å². The Labute approximate surface area is 133 Å². The molecule has 2 aliphatic rings. The number of ether oxygens (including phenoxy) is 1. The predicted octanol–water partition coefficient (Wildman–Crippen LogP) is 2.62. The average Bonchev–Trinajstić information content (AvgIpc) is 2.80. The van der Waals surface area contributed by atoms with Crippen LogP contribution in [0.15, 0.2) is 24.3 Å². The monoisotopic (exact) mass is 306 g/mol. The summed E-state index contributed by atoms with van der Waals surface area (Å²) in [5, 5.41) is 0. The Balaban J connectivity index is 1.58. The summed E-state index contributed by atoms with van der Waals surface area (Å²) in [5.41, 5.74) is 1.64. The summed E-state index contributed by atoms with van der Waals surface area (Å²) in [4.78, 5) is 4.96. The second-order valence-corrected chi connectivity index (χ2v) is 7.11. The zero-order valence-electron chi connectivity index (χ0n) is 13.7. The number of hydrogen-bond acceptors (Lipinski definition) is 3. The molecule has 122 valence electrons. The topological polar surface area (TPSA) is 15.7 Å². The summed E-state index contributed by atoms with van der Waals surface area (Å²) in [5.74, 6) is 0.508. The zero-order chi connectivity index (χ0) is 15.6. The first-order valence-corrected chi connectivity index (χ1v) is 8.26. The fraction of sp³-hybridized carbons (Fsp3) is 0.667. The van der Waals surface area contributed by atoms with Gasteiger partial charge in [-0.05, 0) is 56.1 Å². The number of rotatable bonds is 4. The van der Waals surface area contributed by atoms with Crippen molar-refractivity contribution in [2.24, 2.45) is 11.3 Å². The summed E-state index contributed by atoms with van der Waals surface area (Å²) >= 11 is 0. The van der Waals surface area contributed by atoms with Crippen molar-refractivity contribution in [3.8, 4) is 0 Å². The molecule has 1 aromatic rings. The molecule has 3 nitrogen and oxygen atoms in total. The lowest BCUT2D eigenvalue weighted by Crippen LogP contribution is -2.44. The zero-order valence-corrected chi connectivity index (χ0v) is 13.7. The van der Waals surface area contributed by atoms with Gasteiger partial charge in [0, 0.05) is 32.7 Å². The van der Waals surface area contributed by atoms with E-state index in [0.717, 1.165) is 32.8 Å². The van der Waals surface area contributed by atoms with Gasteiger partial charge in [0.25, 0.3) is 0 Å². The fourth-order valence-electron chi connectivity index (χ4n) is 4.30. The van der Waals surface area contributed by atoms with E-state index in [2.05, 4.69) is 16.8 Å². The van der Waals surface area contributed by atoms with E-state index in [1.165, 1.54) is 24.9 Å². The SMILES string of the molecule is COCC1CN(C)CC12CCN(Cc1ccc(F)cc1)CC2. The van der Waals surface area contributed by atoms with Gasteiger partial charge in [0.1, 0.15) is 5.82 Å². The molecule has 0 bridgehead atoms. The van der Waals surface area contributed by atoms with Crippen LogP contribution >= 0.6 is 0 Å². The molecule has 1 atom stereocenters. The molecule has 0 aromatic heterocycles. The highest BCUT2D eigenvalue weighted by Crippen LogP contribution is 2.44. The first-order valence-electron chi connectivity index (χ1n) is 8.26. The summed E-state index contributed by atoms with van der Waals surface area (Å²) in [6.45, 7) is 6.43. The molecule has 2 aliphatic heterocycles. The van der Waals surface area contributed by atoms with Crippen molar-refractivity contribution in [2.45, 2.75) is 19.4 Å². The molecule has 2 saturated heterocycles. The van der Waals surface area contributed by atoms with E-state index in [1.807, 2.05) is 19.2 Å². The number of nitrogens with zero attached hydrogens (tertiary/aromatic N) is 2. The lowest BCUT2D eigenvalue weighted by molar-refractivity contribution is 0.0354. The van der Waals surface area contributed by atoms with E-state index >= 15 is 0 Å². The van der Waals surface area contributed by atoms with E-state index < -0.39 is 0 Å². The minimum absolute atomic E-state index is 0.155. The molecule has 1 unspecified atom stereocenters. The Morgan fingerprint density at radius 3 is 2.55 bits per heavy atom. The predicted molar refractivity (Wildman–Crippen MR) is 86.2 cm³/mol. The Kier molecular flexibility index (Phi) is 4.81. The Hall–Kier alpha value is -0.970. The van der Waals surface area contributed by atoms with Gasteiger partial charge in [0.2, 0.25) is 0 Å². The first kappa shape index (κ1) is 15.9. The lowest BCUT2D eigenvalue weighted by Gasteiger charge is -2.42. The van der Waals surface area contributed by atoms with Crippen molar-refractivity contribution < 1.29 is 9.13 Å². The largest absolute Gasteiger partial charge is 0.384 e. The highest BCUT2D eigenvalue weighted by atomic mass is 19.1. The van der Waals surface area contributed by atoms with E-state index in [0.29, 0.717) is 11.3 Å². The fourth-order valence-corrected chi connectivity index (χ4v) is 4.30. The minimum Gasteiger partial charge on any atom is -0.384 e. The van der Waals surface area contributed by atoms with Crippen LogP contribution in [0.4, 0.5) is 4.39 Å². The molecule has 0 saturated carbocycles. The van der Waals surface area contributed by atoms with Crippen molar-refractivity contribution in [1.82, 2.24) is 9.80 Å². The molecule has 1 aromatic carbocycles. The van der Waals surface area contributed by atoms with Crippen molar-refractivity contribution in [1.29, 1.82) is 0 Å². The number of hydrogen-bond donors (Lipinski definition) is 0. The van der Waals surface area contributed by atoms with Gasteiger partial charge < -0.3 is 9.64 Å². The third-order valence-corrected chi connectivity index (χ3v) is 5.52. The van der Waals surface area contributed by atoms with Crippen molar-refractivity contribution in [3.63, 3.8) is 0 Å². The number of piperidine rings is 1. The molecule has 4 heteroatoms. The molecule has 2 fully saturated rings. The summed E-state index contributed by atoms with van der Waals surface area (Å²) < 4.78 is 18.4. The molecule has 0 aliphatic carbocycles. The standard InChI is InChI=1S/C18H27FN2O/c1-20-12-16(13-22-2)18(14-20)7-9-21(10-8-18)11-15-3-5-17(19)6-4-15/h3-6,16H,7-14H2,1-2H3. The maximum Gasteiger partial charge on any atom is 0.123 e. The van der Waals surface area contributed by atoms with Crippen LogP contribution in [-0.2, 0) is 11.3 Å². The number of methoxy groups -OCH3 is 1. The van der Waals surface area contributed by atoms with Gasteiger partial charge in [0.05, 0.1) is 6.61 Å². The van der Waals surface area contributed by atoms with Crippen LogP contribution in [0.25, 0.3) is 0 Å². The van der Waals surface area contributed by atoms with Gasteiger partial charge in [-0.1, -0.05) is 12.1 Å². The third-order valence-electron chi connectivity index (χ3n) is 5.52. The number of halogens is 1. The first-order chi connectivity index (χ1) is 10.6. The summed E-state index contributed by atoms with van der Waals surface area (Å²) in [7, 11) is 4.04. The molecule has 2 heterocycles. The van der Waals surface area contributed by atoms with E-state index in [-0.39, 0.29) is 5.82 Å².